The molecule has 160 valence electrons. The van der Waals surface area contributed by atoms with Crippen LogP contribution in [0, 0.1) is 13.8 Å². The molecule has 0 atom stereocenters. The van der Waals surface area contributed by atoms with Gasteiger partial charge < -0.3 is 20.4 Å². The molecule has 0 spiro atoms. The smallest absolute Gasteiger partial charge is 0.313 e. The zero-order chi connectivity index (χ0) is 21.5. The zero-order valence-corrected chi connectivity index (χ0v) is 18.2. The summed E-state index contributed by atoms with van der Waals surface area (Å²) in [6.45, 7) is 8.69. The van der Waals surface area contributed by atoms with E-state index in [4.69, 9.17) is 0 Å². The van der Waals surface area contributed by atoms with Crippen molar-refractivity contribution < 1.29 is 9.59 Å². The number of nitrogens with zero attached hydrogens (tertiary/aromatic N) is 2. The Kier molecular flexibility index (Phi) is 7.46. The predicted molar refractivity (Wildman–Crippen MR) is 122 cm³/mol. The molecule has 0 bridgehead atoms. The van der Waals surface area contributed by atoms with Gasteiger partial charge in [-0.3, -0.25) is 9.59 Å². The first kappa shape index (κ1) is 21.8. The minimum atomic E-state index is -0.625. The van der Waals surface area contributed by atoms with Crippen LogP contribution in [0.5, 0.6) is 0 Å². The number of amides is 2. The fourth-order valence-electron chi connectivity index (χ4n) is 3.58. The lowest BCUT2D eigenvalue weighted by atomic mass is 10.1. The third kappa shape index (κ3) is 5.83. The summed E-state index contributed by atoms with van der Waals surface area (Å²) in [7, 11) is 2.16. The quantitative estimate of drug-likeness (QED) is 0.570. The molecule has 0 aliphatic carbocycles. The average Bonchev–Trinajstić information content (AvgIpc) is 2.75. The molecule has 2 amide bonds. The highest BCUT2D eigenvalue weighted by Gasteiger charge is 2.15. The molecule has 1 saturated heterocycles. The molecule has 2 N–H and O–H groups in total. The van der Waals surface area contributed by atoms with Gasteiger partial charge in [-0.1, -0.05) is 24.3 Å². The van der Waals surface area contributed by atoms with Gasteiger partial charge in [-0.05, 0) is 68.6 Å². The number of hydrogen-bond donors (Lipinski definition) is 2. The number of carbonyl (C=O) groups excluding carboxylic acids is 2. The second kappa shape index (κ2) is 10.3. The number of anilines is 2. The van der Waals surface area contributed by atoms with Crippen LogP contribution in [0.15, 0.2) is 42.5 Å². The van der Waals surface area contributed by atoms with Gasteiger partial charge in [-0.25, -0.2) is 0 Å². The first-order chi connectivity index (χ1) is 14.4. The maximum Gasteiger partial charge on any atom is 0.313 e. The van der Waals surface area contributed by atoms with Gasteiger partial charge in [0, 0.05) is 44.1 Å². The topological polar surface area (TPSA) is 64.7 Å². The van der Waals surface area contributed by atoms with E-state index in [2.05, 4.69) is 51.7 Å². The van der Waals surface area contributed by atoms with E-state index in [-0.39, 0.29) is 0 Å². The lowest BCUT2D eigenvalue weighted by molar-refractivity contribution is -0.136. The molecule has 6 heteroatoms. The Labute approximate surface area is 179 Å². The second-order valence-corrected chi connectivity index (χ2v) is 8.02. The van der Waals surface area contributed by atoms with Crippen molar-refractivity contribution in [2.45, 2.75) is 26.7 Å². The summed E-state index contributed by atoms with van der Waals surface area (Å²) in [5, 5.41) is 5.40. The first-order valence-corrected chi connectivity index (χ1v) is 10.6. The summed E-state index contributed by atoms with van der Waals surface area (Å²) in [4.78, 5) is 28.9. The van der Waals surface area contributed by atoms with Crippen LogP contribution < -0.4 is 15.5 Å². The largest absolute Gasteiger partial charge is 0.369 e. The molecular weight excluding hydrogens is 376 g/mol. The van der Waals surface area contributed by atoms with E-state index in [1.807, 2.05) is 26.0 Å². The van der Waals surface area contributed by atoms with Crippen LogP contribution in [-0.4, -0.2) is 56.5 Å². The van der Waals surface area contributed by atoms with Crippen molar-refractivity contribution in [3.05, 3.63) is 59.2 Å². The van der Waals surface area contributed by atoms with E-state index < -0.39 is 11.8 Å². The normalized spacial score (nSPS) is 14.4. The van der Waals surface area contributed by atoms with Crippen LogP contribution in [-0.2, 0) is 16.0 Å². The van der Waals surface area contributed by atoms with Crippen molar-refractivity contribution >= 4 is 23.2 Å². The Bertz CT molecular complexity index is 871. The van der Waals surface area contributed by atoms with Gasteiger partial charge in [-0.2, -0.15) is 0 Å². The monoisotopic (exact) mass is 408 g/mol. The summed E-state index contributed by atoms with van der Waals surface area (Å²) >= 11 is 0. The maximum absolute atomic E-state index is 12.1. The average molecular weight is 409 g/mol. The Morgan fingerprint density at radius 2 is 1.63 bits per heavy atom. The standard InChI is InChI=1S/C24H32N4O2/c1-18-6-4-8-22(19(18)2)26-24(30)23(29)25-13-5-7-20-9-11-21(12-10-20)28-16-14-27(3)15-17-28/h4,6,8-12H,5,7,13-17H2,1-3H3,(H,25,29)(H,26,30). The Morgan fingerprint density at radius 1 is 0.933 bits per heavy atom. The van der Waals surface area contributed by atoms with Crippen LogP contribution >= 0.6 is 0 Å². The summed E-state index contributed by atoms with van der Waals surface area (Å²) < 4.78 is 0. The van der Waals surface area contributed by atoms with E-state index in [0.29, 0.717) is 12.2 Å². The number of likely N-dealkylation sites (N-methyl/N-ethyl adjacent to an activating group) is 1. The fourth-order valence-corrected chi connectivity index (χ4v) is 3.58. The minimum Gasteiger partial charge on any atom is -0.369 e. The third-order valence-corrected chi connectivity index (χ3v) is 5.79. The highest BCUT2D eigenvalue weighted by molar-refractivity contribution is 6.39. The van der Waals surface area contributed by atoms with Gasteiger partial charge >= 0.3 is 11.8 Å². The number of piperazine rings is 1. The van der Waals surface area contributed by atoms with Crippen molar-refractivity contribution in [1.29, 1.82) is 0 Å². The Hall–Kier alpha value is -2.86. The van der Waals surface area contributed by atoms with Gasteiger partial charge in [0.15, 0.2) is 0 Å². The van der Waals surface area contributed by atoms with Gasteiger partial charge in [0.25, 0.3) is 0 Å². The fraction of sp³-hybridized carbons (Fsp3) is 0.417. The number of benzene rings is 2. The number of carbonyl (C=O) groups is 2. The number of nitrogens with one attached hydrogen (secondary N) is 2. The highest BCUT2D eigenvalue weighted by atomic mass is 16.2. The second-order valence-electron chi connectivity index (χ2n) is 8.02. The molecule has 0 radical (unpaired) electrons. The number of aryl methyl sites for hydroxylation is 2. The maximum atomic E-state index is 12.1. The highest BCUT2D eigenvalue weighted by Crippen LogP contribution is 2.18. The molecule has 30 heavy (non-hydrogen) atoms. The third-order valence-electron chi connectivity index (χ3n) is 5.79. The molecule has 1 fully saturated rings. The molecule has 2 aromatic carbocycles. The van der Waals surface area contributed by atoms with E-state index in [1.54, 1.807) is 6.07 Å². The Balaban J connectivity index is 1.39. The van der Waals surface area contributed by atoms with Crippen molar-refractivity contribution in [2.75, 3.05) is 50.0 Å². The summed E-state index contributed by atoms with van der Waals surface area (Å²) in [6.07, 6.45) is 1.65. The molecule has 0 unspecified atom stereocenters. The lowest BCUT2D eigenvalue weighted by Crippen LogP contribution is -2.44. The molecule has 1 heterocycles. The van der Waals surface area contributed by atoms with Gasteiger partial charge in [-0.15, -0.1) is 0 Å². The van der Waals surface area contributed by atoms with Crippen molar-refractivity contribution in [2.24, 2.45) is 0 Å². The van der Waals surface area contributed by atoms with E-state index in [9.17, 15) is 9.59 Å². The minimum absolute atomic E-state index is 0.471. The molecule has 1 aliphatic rings. The van der Waals surface area contributed by atoms with Crippen LogP contribution in [0.4, 0.5) is 11.4 Å². The molecule has 0 aromatic heterocycles. The number of hydrogen-bond acceptors (Lipinski definition) is 4. The molecule has 1 aliphatic heterocycles. The molecule has 6 nitrogen and oxygen atoms in total. The summed E-state index contributed by atoms with van der Waals surface area (Å²) in [5.74, 6) is -1.22. The van der Waals surface area contributed by atoms with Crippen LogP contribution in [0.3, 0.4) is 0 Å². The SMILES string of the molecule is Cc1cccc(NC(=O)C(=O)NCCCc2ccc(N3CCN(C)CC3)cc2)c1C. The Morgan fingerprint density at radius 3 is 2.33 bits per heavy atom. The van der Waals surface area contributed by atoms with Crippen LogP contribution in [0.1, 0.15) is 23.1 Å². The number of rotatable bonds is 6. The molecular formula is C24H32N4O2. The summed E-state index contributed by atoms with van der Waals surface area (Å²) in [5.41, 5.74) is 5.23. The van der Waals surface area contributed by atoms with Gasteiger partial charge in [0.05, 0.1) is 0 Å². The predicted octanol–water partition coefficient (Wildman–Crippen LogP) is 2.74. The van der Waals surface area contributed by atoms with Gasteiger partial charge in [0.1, 0.15) is 0 Å². The van der Waals surface area contributed by atoms with Crippen molar-refractivity contribution in [3.63, 3.8) is 0 Å². The van der Waals surface area contributed by atoms with Crippen molar-refractivity contribution in [3.8, 4) is 0 Å². The zero-order valence-electron chi connectivity index (χ0n) is 18.2. The van der Waals surface area contributed by atoms with E-state index in [1.165, 1.54) is 11.3 Å². The van der Waals surface area contributed by atoms with E-state index in [0.717, 1.165) is 50.1 Å². The van der Waals surface area contributed by atoms with Gasteiger partial charge in [0.2, 0.25) is 0 Å². The first-order valence-electron chi connectivity index (χ1n) is 10.6. The summed E-state index contributed by atoms with van der Waals surface area (Å²) in [6, 6.07) is 14.3. The molecule has 3 rings (SSSR count). The van der Waals surface area contributed by atoms with Crippen LogP contribution in [0.2, 0.25) is 0 Å². The molecule has 0 saturated carbocycles. The van der Waals surface area contributed by atoms with Crippen LogP contribution in [0.25, 0.3) is 0 Å². The lowest BCUT2D eigenvalue weighted by Gasteiger charge is -2.34. The van der Waals surface area contributed by atoms with E-state index >= 15 is 0 Å². The van der Waals surface area contributed by atoms with Crippen molar-refractivity contribution in [1.82, 2.24) is 10.2 Å². The molecule has 2 aromatic rings.